The zero-order valence-corrected chi connectivity index (χ0v) is 18.0. The average Bonchev–Trinajstić information content (AvgIpc) is 3.30. The normalized spacial score (nSPS) is 11.2. The minimum Gasteiger partial charge on any atom is -0.328 e. The largest absolute Gasteiger partial charge is 0.328 e. The Bertz CT molecular complexity index is 1170. The zero-order valence-electron chi connectivity index (χ0n) is 16.4. The first kappa shape index (κ1) is 20.4. The van der Waals surface area contributed by atoms with E-state index >= 15 is 0 Å². The van der Waals surface area contributed by atoms with Crippen molar-refractivity contribution < 1.29 is 4.39 Å². The van der Waals surface area contributed by atoms with E-state index in [4.69, 9.17) is 12.2 Å². The van der Waals surface area contributed by atoms with Crippen molar-refractivity contribution in [3.8, 4) is 0 Å². The van der Waals surface area contributed by atoms with Crippen LogP contribution >= 0.6 is 23.6 Å². The van der Waals surface area contributed by atoms with Gasteiger partial charge in [-0.3, -0.25) is 9.58 Å². The number of rotatable bonds is 8. The Morgan fingerprint density at radius 2 is 1.87 bits per heavy atom. The van der Waals surface area contributed by atoms with Crippen LogP contribution in [-0.4, -0.2) is 31.5 Å². The highest BCUT2D eigenvalue weighted by atomic mass is 32.1. The van der Waals surface area contributed by atoms with Crippen molar-refractivity contribution in [3.63, 3.8) is 0 Å². The van der Waals surface area contributed by atoms with Crippen LogP contribution in [0.4, 0.5) is 15.2 Å². The highest BCUT2D eigenvalue weighted by molar-refractivity contribution is 7.73. The number of hydrogen-bond acceptors (Lipinski definition) is 6. The molecule has 0 atom stereocenters. The van der Waals surface area contributed by atoms with Crippen LogP contribution < -0.4 is 5.32 Å². The fraction of sp³-hybridized carbons (Fsp3) is 0.190. The number of para-hydroxylation sites is 1. The first-order valence-electron chi connectivity index (χ1n) is 9.40. The van der Waals surface area contributed by atoms with Crippen molar-refractivity contribution in [2.24, 2.45) is 0 Å². The molecule has 2 aromatic heterocycles. The lowest BCUT2D eigenvalue weighted by atomic mass is 10.2. The maximum Gasteiger partial charge on any atom is 0.209 e. The Morgan fingerprint density at radius 1 is 1.10 bits per heavy atom. The van der Waals surface area contributed by atoms with E-state index < -0.39 is 0 Å². The van der Waals surface area contributed by atoms with Gasteiger partial charge < -0.3 is 5.32 Å². The van der Waals surface area contributed by atoms with Crippen molar-refractivity contribution in [2.75, 3.05) is 12.4 Å². The van der Waals surface area contributed by atoms with E-state index in [-0.39, 0.29) is 5.82 Å². The van der Waals surface area contributed by atoms with E-state index in [1.54, 1.807) is 22.9 Å². The van der Waals surface area contributed by atoms with Crippen LogP contribution in [0.3, 0.4) is 0 Å². The predicted octanol–water partition coefficient (Wildman–Crippen LogP) is 4.89. The summed E-state index contributed by atoms with van der Waals surface area (Å²) in [4.78, 5) is 2.10. The summed E-state index contributed by atoms with van der Waals surface area (Å²) in [5.74, 6) is -0.324. The predicted molar refractivity (Wildman–Crippen MR) is 120 cm³/mol. The molecular formula is C21H21FN6S2. The van der Waals surface area contributed by atoms with Gasteiger partial charge in [0, 0.05) is 18.3 Å². The van der Waals surface area contributed by atoms with Crippen molar-refractivity contribution in [1.82, 2.24) is 24.5 Å². The molecule has 154 valence electrons. The molecule has 4 rings (SSSR count). The Labute approximate surface area is 183 Å². The standard InChI is InChI=1S/C21H21FN6S2/c1-26(12-17-11-23-27(14-17)13-16-7-3-2-4-8-16)15-28-21(29)30-20(25-28)24-19-10-6-5-9-18(19)22/h2-11,14H,12-13,15H2,1H3,(H,24,25). The monoisotopic (exact) mass is 440 g/mol. The van der Waals surface area contributed by atoms with Crippen molar-refractivity contribution in [1.29, 1.82) is 0 Å². The third-order valence-corrected chi connectivity index (χ3v) is 5.65. The number of nitrogens with zero attached hydrogens (tertiary/aromatic N) is 5. The van der Waals surface area contributed by atoms with Crippen molar-refractivity contribution in [3.05, 3.63) is 87.9 Å². The number of hydrogen-bond donors (Lipinski definition) is 1. The number of halogens is 1. The second-order valence-electron chi connectivity index (χ2n) is 6.96. The Hall–Kier alpha value is -2.88. The summed E-state index contributed by atoms with van der Waals surface area (Å²) in [6.07, 6.45) is 3.93. The van der Waals surface area contributed by atoms with E-state index in [1.165, 1.54) is 23.0 Å². The van der Waals surface area contributed by atoms with Crippen LogP contribution in [0.2, 0.25) is 0 Å². The summed E-state index contributed by atoms with van der Waals surface area (Å²) in [7, 11) is 2.00. The Morgan fingerprint density at radius 3 is 2.67 bits per heavy atom. The number of aromatic nitrogens is 4. The second kappa shape index (κ2) is 9.29. The molecule has 0 radical (unpaired) electrons. The number of nitrogens with one attached hydrogen (secondary N) is 1. The molecule has 9 heteroatoms. The summed E-state index contributed by atoms with van der Waals surface area (Å²) in [5, 5.41) is 12.5. The van der Waals surface area contributed by atoms with E-state index in [2.05, 4.69) is 38.7 Å². The molecule has 30 heavy (non-hydrogen) atoms. The molecule has 0 aliphatic heterocycles. The lowest BCUT2D eigenvalue weighted by Gasteiger charge is -2.15. The Kier molecular flexibility index (Phi) is 6.32. The fourth-order valence-corrected chi connectivity index (χ4v) is 4.06. The number of anilines is 2. The molecular weight excluding hydrogens is 419 g/mol. The van der Waals surface area contributed by atoms with Gasteiger partial charge in [0.2, 0.25) is 5.13 Å². The van der Waals surface area contributed by atoms with Crippen LogP contribution in [0.1, 0.15) is 11.1 Å². The van der Waals surface area contributed by atoms with Crippen LogP contribution in [-0.2, 0) is 19.8 Å². The third kappa shape index (κ3) is 5.18. The SMILES string of the molecule is CN(Cc1cnn(Cc2ccccc2)c1)Cn1nc(Nc2ccccc2F)sc1=S. The molecule has 2 heterocycles. The van der Waals surface area contributed by atoms with E-state index in [9.17, 15) is 4.39 Å². The average molecular weight is 441 g/mol. The molecule has 0 amide bonds. The molecule has 6 nitrogen and oxygen atoms in total. The second-order valence-corrected chi connectivity index (χ2v) is 8.59. The van der Waals surface area contributed by atoms with Gasteiger partial charge in [0.15, 0.2) is 3.95 Å². The lowest BCUT2D eigenvalue weighted by Crippen LogP contribution is -2.22. The smallest absolute Gasteiger partial charge is 0.209 e. The van der Waals surface area contributed by atoms with Gasteiger partial charge in [0.1, 0.15) is 5.82 Å². The van der Waals surface area contributed by atoms with Crippen LogP contribution in [0, 0.1) is 9.77 Å². The van der Waals surface area contributed by atoms with E-state index in [1.807, 2.05) is 36.1 Å². The van der Waals surface area contributed by atoms with Crippen LogP contribution in [0.25, 0.3) is 0 Å². The zero-order chi connectivity index (χ0) is 20.9. The highest BCUT2D eigenvalue weighted by Gasteiger charge is 2.10. The van der Waals surface area contributed by atoms with Gasteiger partial charge in [-0.25, -0.2) is 9.07 Å². The van der Waals surface area contributed by atoms with Gasteiger partial charge in [0.25, 0.3) is 0 Å². The molecule has 0 spiro atoms. The van der Waals surface area contributed by atoms with Crippen molar-refractivity contribution >= 4 is 34.4 Å². The van der Waals surface area contributed by atoms with E-state index in [0.29, 0.717) is 28.0 Å². The molecule has 0 unspecified atom stereocenters. The molecule has 0 bridgehead atoms. The van der Waals surface area contributed by atoms with Gasteiger partial charge in [-0.15, -0.1) is 5.10 Å². The number of benzene rings is 2. The topological polar surface area (TPSA) is 50.9 Å². The van der Waals surface area contributed by atoms with Gasteiger partial charge in [-0.1, -0.05) is 53.8 Å². The van der Waals surface area contributed by atoms with Gasteiger partial charge in [-0.05, 0) is 37.0 Å². The first-order chi connectivity index (χ1) is 14.6. The molecule has 4 aromatic rings. The molecule has 0 fully saturated rings. The van der Waals surface area contributed by atoms with Crippen LogP contribution in [0.15, 0.2) is 67.0 Å². The highest BCUT2D eigenvalue weighted by Crippen LogP contribution is 2.22. The minimum atomic E-state index is -0.324. The summed E-state index contributed by atoms with van der Waals surface area (Å²) in [6, 6.07) is 16.7. The Balaban J connectivity index is 1.36. The molecule has 0 aliphatic carbocycles. The summed E-state index contributed by atoms with van der Waals surface area (Å²) in [5.41, 5.74) is 2.71. The molecule has 0 aliphatic rings. The van der Waals surface area contributed by atoms with Gasteiger partial charge in [-0.2, -0.15) is 5.10 Å². The van der Waals surface area contributed by atoms with Crippen LogP contribution in [0.5, 0.6) is 0 Å². The van der Waals surface area contributed by atoms with Crippen molar-refractivity contribution in [2.45, 2.75) is 19.8 Å². The first-order valence-corrected chi connectivity index (χ1v) is 10.6. The minimum absolute atomic E-state index is 0.324. The third-order valence-electron chi connectivity index (χ3n) is 4.42. The molecule has 0 saturated carbocycles. The summed E-state index contributed by atoms with van der Waals surface area (Å²) in [6.45, 7) is 1.98. The quantitative estimate of drug-likeness (QED) is 0.395. The summed E-state index contributed by atoms with van der Waals surface area (Å²) < 4.78 is 18.1. The van der Waals surface area contributed by atoms with Gasteiger partial charge >= 0.3 is 0 Å². The fourth-order valence-electron chi connectivity index (χ4n) is 3.06. The van der Waals surface area contributed by atoms with E-state index in [0.717, 1.165) is 12.1 Å². The van der Waals surface area contributed by atoms with Gasteiger partial charge in [0.05, 0.1) is 25.1 Å². The summed E-state index contributed by atoms with van der Waals surface area (Å²) >= 11 is 6.74. The molecule has 2 aromatic carbocycles. The maximum atomic E-state index is 13.8. The molecule has 1 N–H and O–H groups in total. The molecule has 0 saturated heterocycles. The maximum absolute atomic E-state index is 13.8. The lowest BCUT2D eigenvalue weighted by molar-refractivity contribution is 0.245.